The molecule has 3 rings (SSSR count). The van der Waals surface area contributed by atoms with E-state index in [4.69, 9.17) is 4.74 Å². The van der Waals surface area contributed by atoms with Crippen molar-refractivity contribution in [2.24, 2.45) is 7.05 Å². The molecule has 6 heteroatoms. The van der Waals surface area contributed by atoms with Gasteiger partial charge in [0.25, 0.3) is 5.91 Å². The summed E-state index contributed by atoms with van der Waals surface area (Å²) < 4.78 is 6.56. The first-order valence-corrected chi connectivity index (χ1v) is 7.94. The van der Waals surface area contributed by atoms with Gasteiger partial charge in [-0.2, -0.15) is 0 Å². The minimum absolute atomic E-state index is 0.0724. The molecule has 1 amide bonds. The topological polar surface area (TPSA) is 54.8 Å². The minimum atomic E-state index is -0.334. The van der Waals surface area contributed by atoms with Crippen molar-refractivity contribution in [1.82, 2.24) is 9.47 Å². The zero-order valence-corrected chi connectivity index (χ0v) is 13.9. The predicted molar refractivity (Wildman–Crippen MR) is 91.3 cm³/mol. The van der Waals surface area contributed by atoms with E-state index in [0.717, 1.165) is 18.8 Å². The number of aryl methyl sites for hydroxylation is 1. The summed E-state index contributed by atoms with van der Waals surface area (Å²) in [5.74, 6) is -0.261. The summed E-state index contributed by atoms with van der Waals surface area (Å²) in [5, 5.41) is 0. The van der Waals surface area contributed by atoms with Crippen molar-refractivity contribution in [3.63, 3.8) is 0 Å². The lowest BCUT2D eigenvalue weighted by atomic mass is 10.1. The Morgan fingerprint density at radius 2 is 1.67 bits per heavy atom. The molecule has 24 heavy (non-hydrogen) atoms. The first-order valence-electron chi connectivity index (χ1n) is 7.94. The van der Waals surface area contributed by atoms with Crippen molar-refractivity contribution in [2.75, 3.05) is 38.2 Å². The molecule has 0 atom stereocenters. The molecule has 1 aliphatic rings. The normalized spacial score (nSPS) is 14.6. The minimum Gasteiger partial charge on any atom is -0.465 e. The monoisotopic (exact) mass is 327 g/mol. The number of hydrogen-bond acceptors (Lipinski definition) is 4. The zero-order chi connectivity index (χ0) is 17.1. The van der Waals surface area contributed by atoms with Crippen molar-refractivity contribution in [2.45, 2.75) is 0 Å². The van der Waals surface area contributed by atoms with Crippen molar-refractivity contribution in [3.05, 3.63) is 53.9 Å². The standard InChI is InChI=1S/C18H21N3O3/c1-19-9-3-4-16(19)17(22)21-12-10-20(11-13-21)15-7-5-14(6-8-15)18(23)24-2/h3-9H,10-13H2,1-2H3. The molecule has 1 saturated heterocycles. The number of esters is 1. The molecule has 0 N–H and O–H groups in total. The number of amides is 1. The Kier molecular flexibility index (Phi) is 4.55. The highest BCUT2D eigenvalue weighted by Crippen LogP contribution is 2.18. The summed E-state index contributed by atoms with van der Waals surface area (Å²) in [6.07, 6.45) is 1.88. The second-order valence-electron chi connectivity index (χ2n) is 5.82. The van der Waals surface area contributed by atoms with Crippen LogP contribution in [0, 0.1) is 0 Å². The summed E-state index contributed by atoms with van der Waals surface area (Å²) in [6.45, 7) is 2.91. The van der Waals surface area contributed by atoms with Gasteiger partial charge in [-0.05, 0) is 36.4 Å². The summed E-state index contributed by atoms with van der Waals surface area (Å²) in [5.41, 5.74) is 2.30. The molecule has 1 aromatic carbocycles. The summed E-state index contributed by atoms with van der Waals surface area (Å²) in [6, 6.07) is 11.1. The van der Waals surface area contributed by atoms with Gasteiger partial charge in [0.15, 0.2) is 0 Å². The van der Waals surface area contributed by atoms with Crippen LogP contribution in [0.3, 0.4) is 0 Å². The van der Waals surface area contributed by atoms with Gasteiger partial charge in [0.05, 0.1) is 12.7 Å². The smallest absolute Gasteiger partial charge is 0.337 e. The molecule has 126 valence electrons. The number of ether oxygens (including phenoxy) is 1. The number of carbonyl (C=O) groups excluding carboxylic acids is 2. The van der Waals surface area contributed by atoms with Gasteiger partial charge < -0.3 is 19.1 Å². The highest BCUT2D eigenvalue weighted by atomic mass is 16.5. The van der Waals surface area contributed by atoms with E-state index in [1.807, 2.05) is 47.0 Å². The van der Waals surface area contributed by atoms with Crippen LogP contribution < -0.4 is 4.90 Å². The maximum atomic E-state index is 12.5. The molecule has 2 heterocycles. The van der Waals surface area contributed by atoms with E-state index in [1.54, 1.807) is 12.1 Å². The number of piperazine rings is 1. The maximum absolute atomic E-state index is 12.5. The van der Waals surface area contributed by atoms with Gasteiger partial charge in [-0.15, -0.1) is 0 Å². The van der Waals surface area contributed by atoms with Crippen molar-refractivity contribution >= 4 is 17.6 Å². The Balaban J connectivity index is 1.62. The number of anilines is 1. The molecule has 0 aliphatic carbocycles. The third-order valence-electron chi connectivity index (χ3n) is 4.38. The Morgan fingerprint density at radius 3 is 2.21 bits per heavy atom. The van der Waals surface area contributed by atoms with Crippen LogP contribution in [-0.4, -0.2) is 54.6 Å². The van der Waals surface area contributed by atoms with Gasteiger partial charge in [0, 0.05) is 45.1 Å². The number of aromatic nitrogens is 1. The molecule has 0 radical (unpaired) electrons. The fourth-order valence-electron chi connectivity index (χ4n) is 2.94. The Bertz CT molecular complexity index is 728. The van der Waals surface area contributed by atoms with E-state index in [1.165, 1.54) is 7.11 Å². The van der Waals surface area contributed by atoms with Crippen LogP contribution in [0.1, 0.15) is 20.8 Å². The quantitative estimate of drug-likeness (QED) is 0.807. The van der Waals surface area contributed by atoms with E-state index >= 15 is 0 Å². The van der Waals surface area contributed by atoms with Crippen LogP contribution in [0.2, 0.25) is 0 Å². The number of rotatable bonds is 3. The van der Waals surface area contributed by atoms with Crippen LogP contribution >= 0.6 is 0 Å². The predicted octanol–water partition coefficient (Wildman–Crippen LogP) is 1.77. The van der Waals surface area contributed by atoms with Crippen molar-refractivity contribution in [3.8, 4) is 0 Å². The zero-order valence-electron chi connectivity index (χ0n) is 13.9. The summed E-state index contributed by atoms with van der Waals surface area (Å²) in [7, 11) is 3.26. The maximum Gasteiger partial charge on any atom is 0.337 e. The summed E-state index contributed by atoms with van der Waals surface area (Å²) in [4.78, 5) is 28.1. The number of methoxy groups -OCH3 is 1. The first-order chi connectivity index (χ1) is 11.6. The van der Waals surface area contributed by atoms with Gasteiger partial charge in [-0.25, -0.2) is 4.79 Å². The van der Waals surface area contributed by atoms with Crippen molar-refractivity contribution < 1.29 is 14.3 Å². The molecule has 6 nitrogen and oxygen atoms in total. The van der Waals surface area contributed by atoms with Gasteiger partial charge in [-0.3, -0.25) is 4.79 Å². The van der Waals surface area contributed by atoms with Crippen LogP contribution in [0.5, 0.6) is 0 Å². The lowest BCUT2D eigenvalue weighted by molar-refractivity contribution is 0.0600. The lowest BCUT2D eigenvalue weighted by Gasteiger charge is -2.36. The Hall–Kier alpha value is -2.76. The number of carbonyl (C=O) groups is 2. The average molecular weight is 327 g/mol. The molecule has 1 aliphatic heterocycles. The van der Waals surface area contributed by atoms with Crippen LogP contribution in [0.4, 0.5) is 5.69 Å². The molecule has 0 spiro atoms. The fraction of sp³-hybridized carbons (Fsp3) is 0.333. The van der Waals surface area contributed by atoms with Crippen LogP contribution in [0.25, 0.3) is 0 Å². The largest absolute Gasteiger partial charge is 0.465 e. The second kappa shape index (κ2) is 6.78. The van der Waals surface area contributed by atoms with Gasteiger partial charge in [-0.1, -0.05) is 0 Å². The SMILES string of the molecule is COC(=O)c1ccc(N2CCN(C(=O)c3cccn3C)CC2)cc1. The number of hydrogen-bond donors (Lipinski definition) is 0. The van der Waals surface area contributed by atoms with E-state index in [0.29, 0.717) is 24.3 Å². The van der Waals surface area contributed by atoms with Crippen LogP contribution in [0.15, 0.2) is 42.6 Å². The molecule has 0 bridgehead atoms. The lowest BCUT2D eigenvalue weighted by Crippen LogP contribution is -2.49. The van der Waals surface area contributed by atoms with E-state index < -0.39 is 0 Å². The molecule has 0 saturated carbocycles. The fourth-order valence-corrected chi connectivity index (χ4v) is 2.94. The Morgan fingerprint density at radius 1 is 1.00 bits per heavy atom. The van der Waals surface area contributed by atoms with Crippen molar-refractivity contribution in [1.29, 1.82) is 0 Å². The van der Waals surface area contributed by atoms with Gasteiger partial charge in [0.2, 0.25) is 0 Å². The molecule has 1 aromatic heterocycles. The first kappa shape index (κ1) is 16.1. The van der Waals surface area contributed by atoms with Gasteiger partial charge >= 0.3 is 5.97 Å². The highest BCUT2D eigenvalue weighted by Gasteiger charge is 2.23. The third kappa shape index (κ3) is 3.13. The molecule has 0 unspecified atom stereocenters. The van der Waals surface area contributed by atoms with E-state index in [9.17, 15) is 9.59 Å². The molecule has 1 fully saturated rings. The van der Waals surface area contributed by atoms with Gasteiger partial charge in [0.1, 0.15) is 5.69 Å². The number of benzene rings is 1. The Labute approximate surface area is 141 Å². The molecule has 2 aromatic rings. The van der Waals surface area contributed by atoms with E-state index in [-0.39, 0.29) is 11.9 Å². The molecular weight excluding hydrogens is 306 g/mol. The highest BCUT2D eigenvalue weighted by molar-refractivity contribution is 5.93. The third-order valence-corrected chi connectivity index (χ3v) is 4.38. The average Bonchev–Trinajstić information content (AvgIpc) is 3.06. The van der Waals surface area contributed by atoms with E-state index in [2.05, 4.69) is 4.90 Å². The van der Waals surface area contributed by atoms with Crippen LogP contribution in [-0.2, 0) is 11.8 Å². The summed E-state index contributed by atoms with van der Waals surface area (Å²) >= 11 is 0. The number of nitrogens with zero attached hydrogens (tertiary/aromatic N) is 3. The molecular formula is C18H21N3O3. The second-order valence-corrected chi connectivity index (χ2v) is 5.82.